The van der Waals surface area contributed by atoms with E-state index in [1.165, 1.54) is 12.1 Å². The molecule has 24 heavy (non-hydrogen) atoms. The van der Waals surface area contributed by atoms with Gasteiger partial charge in [0, 0.05) is 43.1 Å². The summed E-state index contributed by atoms with van der Waals surface area (Å²) in [6.07, 6.45) is 2.73. The predicted octanol–water partition coefficient (Wildman–Crippen LogP) is 2.18. The summed E-state index contributed by atoms with van der Waals surface area (Å²) < 4.78 is 13.0. The number of rotatable bonds is 5. The molecule has 1 atom stereocenters. The molecule has 1 fully saturated rings. The minimum Gasteiger partial charge on any atom is -0.371 e. The van der Waals surface area contributed by atoms with Gasteiger partial charge in [-0.25, -0.2) is 9.18 Å². The molecular weight excluding hydrogens is 309 g/mol. The third-order valence-electron chi connectivity index (χ3n) is 4.40. The minimum atomic E-state index is -0.222. The highest BCUT2D eigenvalue weighted by Gasteiger charge is 2.23. The first-order valence-corrected chi connectivity index (χ1v) is 8.13. The van der Waals surface area contributed by atoms with Crippen molar-refractivity contribution in [1.29, 1.82) is 0 Å². The molecule has 1 aliphatic heterocycles. The Kier molecular flexibility index (Phi) is 4.98. The maximum atomic E-state index is 13.0. The van der Waals surface area contributed by atoms with Crippen LogP contribution in [0.5, 0.6) is 0 Å². The molecule has 0 spiro atoms. The van der Waals surface area contributed by atoms with Crippen molar-refractivity contribution in [1.82, 2.24) is 20.8 Å². The molecule has 0 radical (unpaired) electrons. The average Bonchev–Trinajstić information content (AvgIpc) is 3.21. The van der Waals surface area contributed by atoms with Gasteiger partial charge < -0.3 is 15.5 Å². The molecular formula is C17H22FN5O. The Hall–Kier alpha value is -2.57. The molecule has 1 aromatic heterocycles. The molecule has 2 heterocycles. The van der Waals surface area contributed by atoms with Crippen LogP contribution in [-0.4, -0.2) is 35.9 Å². The molecule has 128 valence electrons. The molecule has 6 nitrogen and oxygen atoms in total. The van der Waals surface area contributed by atoms with Crippen molar-refractivity contribution < 1.29 is 9.18 Å². The number of benzene rings is 1. The van der Waals surface area contributed by atoms with Gasteiger partial charge in [-0.15, -0.1) is 0 Å². The lowest BCUT2D eigenvalue weighted by molar-refractivity contribution is 0.239. The Morgan fingerprint density at radius 2 is 2.17 bits per heavy atom. The first kappa shape index (κ1) is 16.3. The van der Waals surface area contributed by atoms with Gasteiger partial charge in [-0.2, -0.15) is 5.10 Å². The fraction of sp³-hybridized carbons (Fsp3) is 0.412. The predicted molar refractivity (Wildman–Crippen MR) is 90.3 cm³/mol. The smallest absolute Gasteiger partial charge is 0.315 e. The second-order valence-corrected chi connectivity index (χ2v) is 6.16. The summed E-state index contributed by atoms with van der Waals surface area (Å²) in [5.41, 5.74) is 2.97. The van der Waals surface area contributed by atoms with E-state index in [4.69, 9.17) is 0 Å². The first-order valence-electron chi connectivity index (χ1n) is 8.13. The number of hydrogen-bond acceptors (Lipinski definition) is 3. The van der Waals surface area contributed by atoms with Gasteiger partial charge in [-0.3, -0.25) is 5.10 Å². The number of nitrogens with one attached hydrogen (secondary N) is 3. The van der Waals surface area contributed by atoms with Crippen molar-refractivity contribution >= 4 is 11.7 Å². The van der Waals surface area contributed by atoms with E-state index < -0.39 is 0 Å². The van der Waals surface area contributed by atoms with Gasteiger partial charge in [0.05, 0.1) is 6.20 Å². The zero-order valence-corrected chi connectivity index (χ0v) is 13.7. The van der Waals surface area contributed by atoms with E-state index in [2.05, 4.69) is 25.7 Å². The van der Waals surface area contributed by atoms with Gasteiger partial charge in [0.25, 0.3) is 0 Å². The molecule has 1 aliphatic rings. The monoisotopic (exact) mass is 331 g/mol. The number of nitrogens with zero attached hydrogens (tertiary/aromatic N) is 2. The highest BCUT2D eigenvalue weighted by atomic mass is 19.1. The van der Waals surface area contributed by atoms with Crippen LogP contribution >= 0.6 is 0 Å². The van der Waals surface area contributed by atoms with Crippen molar-refractivity contribution in [3.05, 3.63) is 47.5 Å². The van der Waals surface area contributed by atoms with Crippen molar-refractivity contribution in [2.45, 2.75) is 19.9 Å². The average molecular weight is 331 g/mol. The molecule has 2 amide bonds. The molecule has 0 aliphatic carbocycles. The normalized spacial score (nSPS) is 17.1. The Bertz CT molecular complexity index is 685. The quantitative estimate of drug-likeness (QED) is 0.786. The van der Waals surface area contributed by atoms with Crippen LogP contribution in [0.25, 0.3) is 0 Å². The summed E-state index contributed by atoms with van der Waals surface area (Å²) in [6, 6.07) is 6.38. The van der Waals surface area contributed by atoms with E-state index in [-0.39, 0.29) is 11.8 Å². The number of H-pyrrole nitrogens is 1. The van der Waals surface area contributed by atoms with E-state index >= 15 is 0 Å². The molecule has 0 saturated carbocycles. The van der Waals surface area contributed by atoms with Crippen LogP contribution in [0, 0.1) is 18.7 Å². The van der Waals surface area contributed by atoms with Gasteiger partial charge in [-0.05, 0) is 43.5 Å². The zero-order valence-electron chi connectivity index (χ0n) is 13.7. The van der Waals surface area contributed by atoms with Crippen LogP contribution in [0.2, 0.25) is 0 Å². The van der Waals surface area contributed by atoms with Crippen LogP contribution in [0.15, 0.2) is 30.5 Å². The van der Waals surface area contributed by atoms with Crippen LogP contribution < -0.4 is 15.5 Å². The molecule has 1 aromatic carbocycles. The molecule has 3 N–H and O–H groups in total. The fourth-order valence-corrected chi connectivity index (χ4v) is 2.91. The number of anilines is 1. The number of carbonyl (C=O) groups excluding carboxylic acids is 1. The number of aromatic amines is 1. The first-order chi connectivity index (χ1) is 11.6. The molecule has 2 aromatic rings. The summed E-state index contributed by atoms with van der Waals surface area (Å²) in [5.74, 6) is 0.178. The number of hydrogen-bond donors (Lipinski definition) is 3. The van der Waals surface area contributed by atoms with Crippen molar-refractivity contribution in [2.24, 2.45) is 5.92 Å². The summed E-state index contributed by atoms with van der Waals surface area (Å²) in [7, 11) is 0. The Labute approximate surface area is 140 Å². The van der Waals surface area contributed by atoms with Gasteiger partial charge >= 0.3 is 6.03 Å². The van der Waals surface area contributed by atoms with Crippen molar-refractivity contribution in [3.63, 3.8) is 0 Å². The SMILES string of the molecule is Cc1[nH]ncc1CNC(=O)NC[C@H]1CCN(c2ccc(F)cc2)C1. The molecule has 0 bridgehead atoms. The third-order valence-corrected chi connectivity index (χ3v) is 4.40. The summed E-state index contributed by atoms with van der Waals surface area (Å²) in [4.78, 5) is 14.1. The maximum absolute atomic E-state index is 13.0. The standard InChI is InChI=1S/C17H22FN5O/c1-12-14(10-21-22-12)9-20-17(24)19-8-13-6-7-23(11-13)16-4-2-15(18)3-5-16/h2-5,10,13H,6-9,11H2,1H3,(H,21,22)(H2,19,20,24)/t13-/m1/s1. The van der Waals surface area contributed by atoms with Crippen LogP contribution in [0.3, 0.4) is 0 Å². The Morgan fingerprint density at radius 1 is 1.38 bits per heavy atom. The van der Waals surface area contributed by atoms with Crippen LogP contribution in [0.4, 0.5) is 14.9 Å². The van der Waals surface area contributed by atoms with E-state index in [1.54, 1.807) is 18.3 Å². The van der Waals surface area contributed by atoms with Gasteiger partial charge in [0.2, 0.25) is 0 Å². The van der Waals surface area contributed by atoms with Gasteiger partial charge in [0.1, 0.15) is 5.82 Å². The number of urea groups is 1. The van der Waals surface area contributed by atoms with E-state index in [0.717, 1.165) is 36.5 Å². The summed E-state index contributed by atoms with van der Waals surface area (Å²) in [5, 5.41) is 12.5. The Morgan fingerprint density at radius 3 is 2.88 bits per heavy atom. The lowest BCUT2D eigenvalue weighted by Crippen LogP contribution is -2.38. The molecule has 1 saturated heterocycles. The van der Waals surface area contributed by atoms with Crippen LogP contribution in [-0.2, 0) is 6.54 Å². The number of amides is 2. The van der Waals surface area contributed by atoms with Gasteiger partial charge in [0.15, 0.2) is 0 Å². The lowest BCUT2D eigenvalue weighted by atomic mass is 10.1. The second-order valence-electron chi connectivity index (χ2n) is 6.16. The molecule has 3 rings (SSSR count). The summed E-state index contributed by atoms with van der Waals surface area (Å²) in [6.45, 7) is 4.81. The van der Waals surface area contributed by atoms with E-state index in [9.17, 15) is 9.18 Å². The van der Waals surface area contributed by atoms with E-state index in [0.29, 0.717) is 19.0 Å². The fourth-order valence-electron chi connectivity index (χ4n) is 2.91. The molecule has 7 heteroatoms. The topological polar surface area (TPSA) is 73.0 Å². The van der Waals surface area contributed by atoms with Gasteiger partial charge in [-0.1, -0.05) is 0 Å². The van der Waals surface area contributed by atoms with E-state index in [1.807, 2.05) is 6.92 Å². The summed E-state index contributed by atoms with van der Waals surface area (Å²) >= 11 is 0. The minimum absolute atomic E-state index is 0.171. The lowest BCUT2D eigenvalue weighted by Gasteiger charge is -2.19. The number of aromatic nitrogens is 2. The van der Waals surface area contributed by atoms with Crippen molar-refractivity contribution in [2.75, 3.05) is 24.5 Å². The maximum Gasteiger partial charge on any atom is 0.315 e. The second kappa shape index (κ2) is 7.33. The highest BCUT2D eigenvalue weighted by Crippen LogP contribution is 2.23. The largest absolute Gasteiger partial charge is 0.371 e. The molecule has 0 unspecified atom stereocenters. The number of aryl methyl sites for hydroxylation is 1. The number of carbonyl (C=O) groups is 1. The zero-order chi connectivity index (χ0) is 16.9. The third kappa shape index (κ3) is 4.04. The highest BCUT2D eigenvalue weighted by molar-refractivity contribution is 5.73. The van der Waals surface area contributed by atoms with Crippen LogP contribution in [0.1, 0.15) is 17.7 Å². The Balaban J connectivity index is 1.40. The number of halogens is 1. The van der Waals surface area contributed by atoms with Crippen molar-refractivity contribution in [3.8, 4) is 0 Å².